The Bertz CT molecular complexity index is 607. The van der Waals surface area contributed by atoms with Gasteiger partial charge in [-0.05, 0) is 25.8 Å². The van der Waals surface area contributed by atoms with Crippen molar-refractivity contribution in [1.82, 2.24) is 15.5 Å². The molecule has 0 aliphatic rings. The van der Waals surface area contributed by atoms with Crippen LogP contribution in [0.1, 0.15) is 50.6 Å². The summed E-state index contributed by atoms with van der Waals surface area (Å²) in [5.41, 5.74) is 2.03. The Balaban J connectivity index is 2.06. The summed E-state index contributed by atoms with van der Waals surface area (Å²) in [6.07, 6.45) is 2.41. The number of nitrogens with one attached hydrogen (secondary N) is 1. The highest BCUT2D eigenvalue weighted by atomic mass is 16.5. The Labute approximate surface area is 124 Å². The van der Waals surface area contributed by atoms with Gasteiger partial charge in [0.05, 0.1) is 0 Å². The molecule has 0 aliphatic carbocycles. The van der Waals surface area contributed by atoms with Crippen LogP contribution >= 0.6 is 0 Å². The minimum atomic E-state index is -0.278. The number of carbonyl (C=O) groups is 1. The van der Waals surface area contributed by atoms with Crippen LogP contribution in [0.2, 0.25) is 0 Å². The second-order valence-electron chi connectivity index (χ2n) is 5.16. The molecule has 0 fully saturated rings. The van der Waals surface area contributed by atoms with Crippen LogP contribution in [0.4, 0.5) is 0 Å². The van der Waals surface area contributed by atoms with Crippen molar-refractivity contribution < 1.29 is 9.32 Å². The van der Waals surface area contributed by atoms with E-state index >= 15 is 0 Å². The Hall–Kier alpha value is -2.17. The molecule has 0 saturated heterocycles. The van der Waals surface area contributed by atoms with Crippen LogP contribution in [0.15, 0.2) is 28.8 Å². The summed E-state index contributed by atoms with van der Waals surface area (Å²) in [5, 5.41) is 6.88. The number of aryl methyl sites for hydroxylation is 1. The summed E-state index contributed by atoms with van der Waals surface area (Å²) >= 11 is 0. The molecule has 2 rings (SSSR count). The summed E-state index contributed by atoms with van der Waals surface area (Å²) in [6, 6.07) is 7.58. The maximum Gasteiger partial charge on any atom is 0.249 e. The van der Waals surface area contributed by atoms with Crippen molar-refractivity contribution in [3.05, 3.63) is 35.7 Å². The third kappa shape index (κ3) is 3.90. The molecule has 0 radical (unpaired) electrons. The lowest BCUT2D eigenvalue weighted by Gasteiger charge is -2.08. The van der Waals surface area contributed by atoms with Crippen LogP contribution < -0.4 is 5.32 Å². The predicted octanol–water partition coefficient (Wildman–Crippen LogP) is 3.41. The minimum absolute atomic E-state index is 0.0139. The molecule has 0 bridgehead atoms. The summed E-state index contributed by atoms with van der Waals surface area (Å²) in [7, 11) is 0. The number of hydrogen-bond acceptors (Lipinski definition) is 4. The molecule has 5 nitrogen and oxygen atoms in total. The van der Waals surface area contributed by atoms with Gasteiger partial charge in [-0.2, -0.15) is 4.98 Å². The van der Waals surface area contributed by atoms with Crippen molar-refractivity contribution in [2.75, 3.05) is 0 Å². The molecule has 1 aromatic carbocycles. The van der Waals surface area contributed by atoms with Crippen LogP contribution in [0.3, 0.4) is 0 Å². The van der Waals surface area contributed by atoms with Crippen molar-refractivity contribution in [3.8, 4) is 11.4 Å². The number of rotatable bonds is 6. The number of benzene rings is 1. The second-order valence-corrected chi connectivity index (χ2v) is 5.16. The summed E-state index contributed by atoms with van der Waals surface area (Å²) < 4.78 is 5.27. The quantitative estimate of drug-likeness (QED) is 0.884. The standard InChI is InChI=1S/C16H21N3O2/c1-4-5-10-14(20)17-12(3)16-18-15(19-21-16)13-9-7-6-8-11(13)2/h6-9,12H,4-5,10H2,1-3H3,(H,17,20)/t12-/m0/s1. The highest BCUT2D eigenvalue weighted by Crippen LogP contribution is 2.21. The third-order valence-electron chi connectivity index (χ3n) is 3.33. The van der Waals surface area contributed by atoms with Gasteiger partial charge in [-0.15, -0.1) is 0 Å². The molecular weight excluding hydrogens is 266 g/mol. The molecule has 21 heavy (non-hydrogen) atoms. The zero-order chi connectivity index (χ0) is 15.2. The van der Waals surface area contributed by atoms with E-state index in [-0.39, 0.29) is 11.9 Å². The fourth-order valence-corrected chi connectivity index (χ4v) is 2.06. The van der Waals surface area contributed by atoms with E-state index in [1.54, 1.807) is 0 Å². The molecule has 0 spiro atoms. The number of amides is 1. The normalized spacial score (nSPS) is 12.1. The van der Waals surface area contributed by atoms with Gasteiger partial charge in [-0.3, -0.25) is 4.79 Å². The van der Waals surface area contributed by atoms with Gasteiger partial charge in [0.2, 0.25) is 17.6 Å². The molecule has 1 aromatic heterocycles. The molecule has 112 valence electrons. The smallest absolute Gasteiger partial charge is 0.249 e. The molecule has 1 amide bonds. The highest BCUT2D eigenvalue weighted by Gasteiger charge is 2.17. The average Bonchev–Trinajstić information content (AvgIpc) is 2.95. The van der Waals surface area contributed by atoms with Gasteiger partial charge < -0.3 is 9.84 Å². The van der Waals surface area contributed by atoms with E-state index in [1.165, 1.54) is 0 Å². The molecule has 1 heterocycles. The Kier molecular flexibility index (Phi) is 5.09. The molecular formula is C16H21N3O2. The van der Waals surface area contributed by atoms with Gasteiger partial charge in [-0.1, -0.05) is 42.8 Å². The molecule has 0 saturated carbocycles. The highest BCUT2D eigenvalue weighted by molar-refractivity contribution is 5.76. The summed E-state index contributed by atoms with van der Waals surface area (Å²) in [4.78, 5) is 16.1. The van der Waals surface area contributed by atoms with Gasteiger partial charge in [0.15, 0.2) is 0 Å². The van der Waals surface area contributed by atoms with Gasteiger partial charge in [0.1, 0.15) is 6.04 Å². The maximum absolute atomic E-state index is 11.7. The van der Waals surface area contributed by atoms with Crippen molar-refractivity contribution in [3.63, 3.8) is 0 Å². The lowest BCUT2D eigenvalue weighted by molar-refractivity contribution is -0.122. The lowest BCUT2D eigenvalue weighted by Crippen LogP contribution is -2.26. The van der Waals surface area contributed by atoms with E-state index in [4.69, 9.17) is 4.52 Å². The van der Waals surface area contributed by atoms with E-state index in [0.717, 1.165) is 24.0 Å². The number of unbranched alkanes of at least 4 members (excludes halogenated alkanes) is 1. The third-order valence-corrected chi connectivity index (χ3v) is 3.33. The topological polar surface area (TPSA) is 68.0 Å². The van der Waals surface area contributed by atoms with Gasteiger partial charge >= 0.3 is 0 Å². The van der Waals surface area contributed by atoms with Crippen molar-refractivity contribution in [2.24, 2.45) is 0 Å². The van der Waals surface area contributed by atoms with Crippen LogP contribution in [-0.2, 0) is 4.79 Å². The Morgan fingerprint density at radius 2 is 2.14 bits per heavy atom. The van der Waals surface area contributed by atoms with Crippen LogP contribution in [0.5, 0.6) is 0 Å². The van der Waals surface area contributed by atoms with E-state index < -0.39 is 0 Å². The fraction of sp³-hybridized carbons (Fsp3) is 0.438. The number of aromatic nitrogens is 2. The fourth-order valence-electron chi connectivity index (χ4n) is 2.06. The zero-order valence-electron chi connectivity index (χ0n) is 12.7. The number of hydrogen-bond donors (Lipinski definition) is 1. The Morgan fingerprint density at radius 1 is 1.38 bits per heavy atom. The SMILES string of the molecule is CCCCC(=O)N[C@@H](C)c1nc(-c2ccccc2C)no1. The van der Waals surface area contributed by atoms with Gasteiger partial charge in [0, 0.05) is 12.0 Å². The molecule has 1 N–H and O–H groups in total. The predicted molar refractivity (Wildman–Crippen MR) is 80.6 cm³/mol. The van der Waals surface area contributed by atoms with Crippen LogP contribution in [0.25, 0.3) is 11.4 Å². The second kappa shape index (κ2) is 7.02. The van der Waals surface area contributed by atoms with Crippen molar-refractivity contribution >= 4 is 5.91 Å². The average molecular weight is 287 g/mol. The first-order chi connectivity index (χ1) is 10.1. The molecule has 2 aromatic rings. The van der Waals surface area contributed by atoms with Gasteiger partial charge in [-0.25, -0.2) is 0 Å². The number of carbonyl (C=O) groups excluding carboxylic acids is 1. The summed E-state index contributed by atoms with van der Waals surface area (Å²) in [6.45, 7) is 5.91. The molecule has 0 unspecified atom stereocenters. The minimum Gasteiger partial charge on any atom is -0.345 e. The maximum atomic E-state index is 11.7. The number of nitrogens with zero attached hydrogens (tertiary/aromatic N) is 2. The molecule has 1 atom stereocenters. The van der Waals surface area contributed by atoms with Crippen molar-refractivity contribution in [2.45, 2.75) is 46.1 Å². The first kappa shape index (κ1) is 15.2. The van der Waals surface area contributed by atoms with Gasteiger partial charge in [0.25, 0.3) is 0 Å². The lowest BCUT2D eigenvalue weighted by atomic mass is 10.1. The zero-order valence-corrected chi connectivity index (χ0v) is 12.7. The van der Waals surface area contributed by atoms with Crippen LogP contribution in [0, 0.1) is 6.92 Å². The van der Waals surface area contributed by atoms with E-state index in [1.807, 2.05) is 38.1 Å². The monoisotopic (exact) mass is 287 g/mol. The molecule has 0 aliphatic heterocycles. The first-order valence-corrected chi connectivity index (χ1v) is 7.30. The first-order valence-electron chi connectivity index (χ1n) is 7.30. The van der Waals surface area contributed by atoms with Crippen molar-refractivity contribution in [1.29, 1.82) is 0 Å². The Morgan fingerprint density at radius 3 is 2.86 bits per heavy atom. The largest absolute Gasteiger partial charge is 0.345 e. The van der Waals surface area contributed by atoms with E-state index in [9.17, 15) is 4.79 Å². The van der Waals surface area contributed by atoms with E-state index in [0.29, 0.717) is 18.1 Å². The molecule has 5 heteroatoms. The summed E-state index contributed by atoms with van der Waals surface area (Å²) in [5.74, 6) is 0.996. The van der Waals surface area contributed by atoms with Crippen LogP contribution in [-0.4, -0.2) is 16.0 Å². The van der Waals surface area contributed by atoms with E-state index in [2.05, 4.69) is 22.4 Å².